The van der Waals surface area contributed by atoms with Crippen molar-refractivity contribution in [3.8, 4) is 11.1 Å². The molecule has 0 bridgehead atoms. The molecule has 0 radical (unpaired) electrons. The Labute approximate surface area is 202 Å². The number of nitrogens with one attached hydrogen (secondary N) is 1. The minimum absolute atomic E-state index is 0.0185. The molecule has 1 amide bonds. The van der Waals surface area contributed by atoms with Crippen LogP contribution in [0.4, 0.5) is 4.79 Å². The number of fused-ring (bicyclic) bond motifs is 3. The van der Waals surface area contributed by atoms with E-state index >= 15 is 0 Å². The van der Waals surface area contributed by atoms with E-state index in [4.69, 9.17) is 4.74 Å². The molecular weight excluding hydrogens is 466 g/mol. The van der Waals surface area contributed by atoms with Gasteiger partial charge in [0.25, 0.3) is 10.0 Å². The van der Waals surface area contributed by atoms with E-state index < -0.39 is 16.1 Å². The average molecular weight is 488 g/mol. The van der Waals surface area contributed by atoms with Crippen molar-refractivity contribution in [2.24, 2.45) is 4.40 Å². The minimum Gasteiger partial charge on any atom is -0.448 e. The first-order valence-corrected chi connectivity index (χ1v) is 12.2. The Hall–Kier alpha value is -4.31. The van der Waals surface area contributed by atoms with Gasteiger partial charge in [-0.3, -0.25) is 5.32 Å². The van der Waals surface area contributed by atoms with Crippen LogP contribution in [0.2, 0.25) is 0 Å². The molecule has 0 atom stereocenters. The molecule has 1 N–H and O–H groups in total. The summed E-state index contributed by atoms with van der Waals surface area (Å²) in [5.74, 6) is -0.489. The van der Waals surface area contributed by atoms with Gasteiger partial charge in [-0.25, -0.2) is 9.78 Å². The number of nitrogens with zero attached hydrogens (tertiary/aromatic N) is 4. The van der Waals surface area contributed by atoms with Gasteiger partial charge in [0.1, 0.15) is 19.3 Å². The minimum atomic E-state index is -4.13. The quantitative estimate of drug-likeness (QED) is 0.347. The maximum absolute atomic E-state index is 12.8. The number of carbonyl (C=O) groups excluding carboxylic acids is 1. The van der Waals surface area contributed by atoms with Gasteiger partial charge in [0, 0.05) is 5.92 Å². The van der Waals surface area contributed by atoms with Gasteiger partial charge in [-0.1, -0.05) is 66.2 Å². The van der Waals surface area contributed by atoms with E-state index in [1.165, 1.54) is 24.8 Å². The normalized spacial score (nSPS) is 13.2. The second-order valence-corrected chi connectivity index (χ2v) is 9.60. The van der Waals surface area contributed by atoms with Gasteiger partial charge >= 0.3 is 6.09 Å². The molecular formula is C25H21N5O4S. The second kappa shape index (κ2) is 9.15. The second-order valence-electron chi connectivity index (χ2n) is 7.99. The molecule has 0 aliphatic heterocycles. The molecule has 35 heavy (non-hydrogen) atoms. The van der Waals surface area contributed by atoms with Crippen LogP contribution in [0.1, 0.15) is 22.6 Å². The molecule has 1 aliphatic carbocycles. The maximum atomic E-state index is 12.8. The van der Waals surface area contributed by atoms with E-state index in [9.17, 15) is 13.2 Å². The van der Waals surface area contributed by atoms with Gasteiger partial charge in [0.2, 0.25) is 5.96 Å². The maximum Gasteiger partial charge on any atom is 0.414 e. The predicted molar refractivity (Wildman–Crippen MR) is 129 cm³/mol. The highest BCUT2D eigenvalue weighted by Gasteiger charge is 2.29. The lowest BCUT2D eigenvalue weighted by Crippen LogP contribution is -2.37. The van der Waals surface area contributed by atoms with Crippen molar-refractivity contribution >= 4 is 22.1 Å². The highest BCUT2D eigenvalue weighted by atomic mass is 32.2. The molecule has 3 aromatic carbocycles. The monoisotopic (exact) mass is 487 g/mol. The molecule has 4 aromatic rings. The number of benzene rings is 3. The molecule has 1 aliphatic rings. The number of ether oxygens (including phenoxy) is 1. The third-order valence-corrected chi connectivity index (χ3v) is 7.00. The van der Waals surface area contributed by atoms with Crippen LogP contribution in [0.15, 0.2) is 94.7 Å². The summed E-state index contributed by atoms with van der Waals surface area (Å²) in [5.41, 5.74) is 5.24. The molecule has 1 aromatic heterocycles. The predicted octanol–water partition coefficient (Wildman–Crippen LogP) is 3.72. The number of aromatic nitrogens is 3. The summed E-state index contributed by atoms with van der Waals surface area (Å²) in [4.78, 5) is 16.5. The van der Waals surface area contributed by atoms with Crippen LogP contribution >= 0.6 is 0 Å². The summed E-state index contributed by atoms with van der Waals surface area (Å²) in [6.07, 6.45) is 1.57. The average Bonchev–Trinajstić information content (AvgIpc) is 3.50. The fraction of sp³-hybridized carbons (Fsp3) is 0.120. The van der Waals surface area contributed by atoms with Gasteiger partial charge in [0.15, 0.2) is 0 Å². The topological polar surface area (TPSA) is 116 Å². The number of alkyl carbamates (subject to hydrolysis) is 1. The Balaban J connectivity index is 1.37. The highest BCUT2D eigenvalue weighted by Crippen LogP contribution is 2.44. The molecule has 0 spiro atoms. The van der Waals surface area contributed by atoms with Crippen LogP contribution in [-0.2, 0) is 14.8 Å². The third kappa shape index (κ3) is 4.56. The summed E-state index contributed by atoms with van der Waals surface area (Å²) in [6, 6.07) is 22.2. The molecule has 1 heterocycles. The van der Waals surface area contributed by atoms with Crippen molar-refractivity contribution < 1.29 is 17.9 Å². The lowest BCUT2D eigenvalue weighted by Gasteiger charge is -2.15. The third-order valence-electron chi connectivity index (χ3n) is 5.72. The summed E-state index contributed by atoms with van der Waals surface area (Å²) in [7, 11) is -4.13. The Kier molecular flexibility index (Phi) is 5.87. The first kappa shape index (κ1) is 22.5. The number of hydrogen-bond donors (Lipinski definition) is 1. The van der Waals surface area contributed by atoms with Crippen LogP contribution in [0, 0.1) is 6.92 Å². The summed E-state index contributed by atoms with van der Waals surface area (Å²) in [6.45, 7) is 1.91. The van der Waals surface area contributed by atoms with Gasteiger partial charge in [-0.2, -0.15) is 18.2 Å². The van der Waals surface area contributed by atoms with Gasteiger partial charge < -0.3 is 4.74 Å². The molecule has 0 saturated heterocycles. The van der Waals surface area contributed by atoms with E-state index in [1.807, 2.05) is 55.5 Å². The highest BCUT2D eigenvalue weighted by molar-refractivity contribution is 7.90. The Morgan fingerprint density at radius 3 is 2.23 bits per heavy atom. The largest absolute Gasteiger partial charge is 0.448 e. The number of amides is 1. The Morgan fingerprint density at radius 1 is 1.00 bits per heavy atom. The van der Waals surface area contributed by atoms with Crippen LogP contribution in [0.3, 0.4) is 0 Å². The summed E-state index contributed by atoms with van der Waals surface area (Å²) in [5, 5.41) is 6.30. The van der Waals surface area contributed by atoms with Gasteiger partial charge in [-0.15, -0.1) is 4.40 Å². The lowest BCUT2D eigenvalue weighted by atomic mass is 9.98. The van der Waals surface area contributed by atoms with Crippen molar-refractivity contribution in [1.29, 1.82) is 0 Å². The van der Waals surface area contributed by atoms with Gasteiger partial charge in [-0.05, 0) is 41.3 Å². The zero-order valence-electron chi connectivity index (χ0n) is 18.7. The number of hydrogen-bond acceptors (Lipinski definition) is 6. The van der Waals surface area contributed by atoms with E-state index in [-0.39, 0.29) is 23.4 Å². The van der Waals surface area contributed by atoms with E-state index in [0.717, 1.165) is 32.5 Å². The molecule has 10 heteroatoms. The molecule has 9 nitrogen and oxygen atoms in total. The summed E-state index contributed by atoms with van der Waals surface area (Å²) >= 11 is 0. The van der Waals surface area contributed by atoms with Crippen molar-refractivity contribution in [2.45, 2.75) is 17.7 Å². The lowest BCUT2D eigenvalue weighted by molar-refractivity contribution is 0.148. The summed E-state index contributed by atoms with van der Waals surface area (Å²) < 4.78 is 36.0. The Bertz CT molecular complexity index is 1470. The van der Waals surface area contributed by atoms with E-state index in [1.54, 1.807) is 12.1 Å². The Morgan fingerprint density at radius 2 is 1.63 bits per heavy atom. The fourth-order valence-corrected chi connectivity index (χ4v) is 4.98. The van der Waals surface area contributed by atoms with Crippen molar-refractivity contribution in [3.05, 3.63) is 102 Å². The van der Waals surface area contributed by atoms with E-state index in [0.29, 0.717) is 0 Å². The number of sulfonamides is 1. The SMILES string of the molecule is Cc1ccc(S(=O)(=O)N=C(NC(=O)OCC2c3ccccc3-c3ccccc32)n2cncn2)cc1. The van der Waals surface area contributed by atoms with Crippen LogP contribution in [0.25, 0.3) is 11.1 Å². The fourth-order valence-electron chi connectivity index (χ4n) is 4.04. The number of aryl methyl sites for hydroxylation is 1. The van der Waals surface area contributed by atoms with Crippen molar-refractivity contribution in [3.63, 3.8) is 0 Å². The molecule has 0 fully saturated rings. The first-order valence-electron chi connectivity index (χ1n) is 10.8. The molecule has 5 rings (SSSR count). The van der Waals surface area contributed by atoms with Crippen LogP contribution in [0.5, 0.6) is 0 Å². The van der Waals surface area contributed by atoms with Crippen molar-refractivity contribution in [2.75, 3.05) is 6.61 Å². The first-order chi connectivity index (χ1) is 16.9. The van der Waals surface area contributed by atoms with Gasteiger partial charge in [0.05, 0.1) is 4.90 Å². The number of carbonyl (C=O) groups is 1. The standard InChI is InChI=1S/C25H21N5O4S/c1-17-10-12-18(13-11-17)35(32,33)29-24(30-16-26-15-27-30)28-25(31)34-14-23-21-8-4-2-6-19(21)20-7-3-5-9-22(20)23/h2-13,15-16,23H,14H2,1H3,(H,28,29,31). The van der Waals surface area contributed by atoms with Crippen LogP contribution in [-0.4, -0.2) is 41.8 Å². The molecule has 0 unspecified atom stereocenters. The zero-order valence-corrected chi connectivity index (χ0v) is 19.5. The van der Waals surface area contributed by atoms with Crippen molar-refractivity contribution in [1.82, 2.24) is 20.1 Å². The molecule has 0 saturated carbocycles. The smallest absolute Gasteiger partial charge is 0.414 e. The number of rotatable bonds is 4. The zero-order chi connectivity index (χ0) is 24.4. The van der Waals surface area contributed by atoms with E-state index in [2.05, 4.69) is 19.8 Å². The van der Waals surface area contributed by atoms with Crippen LogP contribution < -0.4 is 5.32 Å². The molecule has 176 valence electrons.